The largest absolute Gasteiger partial charge is 0.325 e. The number of rotatable bonds is 3. The third kappa shape index (κ3) is 2.31. The van der Waals surface area contributed by atoms with Crippen molar-refractivity contribution < 1.29 is 0 Å². The van der Waals surface area contributed by atoms with Crippen LogP contribution in [-0.2, 0) is 6.54 Å². The summed E-state index contributed by atoms with van der Waals surface area (Å²) >= 11 is 0. The average Bonchev–Trinajstić information content (AvgIpc) is 2.77. The van der Waals surface area contributed by atoms with E-state index in [1.165, 1.54) is 16.8 Å². The maximum Gasteiger partial charge on any atom is 0.0767 e. The van der Waals surface area contributed by atoms with Gasteiger partial charge in [-0.15, -0.1) is 0 Å². The van der Waals surface area contributed by atoms with E-state index in [1.54, 1.807) is 0 Å². The molecule has 0 aliphatic carbocycles. The highest BCUT2D eigenvalue weighted by Crippen LogP contribution is 2.21. The van der Waals surface area contributed by atoms with E-state index in [4.69, 9.17) is 5.73 Å². The summed E-state index contributed by atoms with van der Waals surface area (Å²) < 4.78 is 2.01. The Morgan fingerprint density at radius 2 is 1.89 bits per heavy atom. The number of aromatic nitrogens is 2. The second kappa shape index (κ2) is 4.94. The zero-order valence-electron chi connectivity index (χ0n) is 11.6. The van der Waals surface area contributed by atoms with E-state index < -0.39 is 0 Å². The first-order valence-electron chi connectivity index (χ1n) is 6.39. The molecule has 0 unspecified atom stereocenters. The standard InChI is InChI=1S/C15H21N3/c1-10(2)15-8-13(9-16)17-18(15)14-6-5-11(3)12(4)7-14/h5-8,10H,9,16H2,1-4H3. The van der Waals surface area contributed by atoms with E-state index in [9.17, 15) is 0 Å². The minimum absolute atomic E-state index is 0.430. The molecule has 18 heavy (non-hydrogen) atoms. The maximum atomic E-state index is 5.69. The summed E-state index contributed by atoms with van der Waals surface area (Å²) in [5.41, 5.74) is 11.5. The second-order valence-electron chi connectivity index (χ2n) is 5.10. The molecule has 1 heterocycles. The van der Waals surface area contributed by atoms with Gasteiger partial charge in [0.25, 0.3) is 0 Å². The molecule has 0 spiro atoms. The molecule has 0 aliphatic rings. The van der Waals surface area contributed by atoms with Crippen molar-refractivity contribution in [3.63, 3.8) is 0 Å². The first kappa shape index (κ1) is 12.8. The fraction of sp³-hybridized carbons (Fsp3) is 0.400. The van der Waals surface area contributed by atoms with E-state index in [0.717, 1.165) is 11.4 Å². The third-order valence-electron chi connectivity index (χ3n) is 3.32. The maximum absolute atomic E-state index is 5.69. The molecule has 0 saturated heterocycles. The first-order valence-corrected chi connectivity index (χ1v) is 6.39. The summed E-state index contributed by atoms with van der Waals surface area (Å²) in [6, 6.07) is 8.52. The normalized spacial score (nSPS) is 11.2. The van der Waals surface area contributed by atoms with Crippen LogP contribution in [-0.4, -0.2) is 9.78 Å². The highest BCUT2D eigenvalue weighted by molar-refractivity contribution is 5.41. The zero-order valence-corrected chi connectivity index (χ0v) is 11.6. The number of hydrogen-bond acceptors (Lipinski definition) is 2. The lowest BCUT2D eigenvalue weighted by molar-refractivity contribution is 0.726. The lowest BCUT2D eigenvalue weighted by Crippen LogP contribution is -2.05. The van der Waals surface area contributed by atoms with E-state index in [1.807, 2.05) is 4.68 Å². The number of benzene rings is 1. The van der Waals surface area contributed by atoms with Gasteiger partial charge < -0.3 is 5.73 Å². The Hall–Kier alpha value is -1.61. The van der Waals surface area contributed by atoms with E-state index in [2.05, 4.69) is 57.1 Å². The van der Waals surface area contributed by atoms with Gasteiger partial charge in [-0.05, 0) is 49.1 Å². The Kier molecular flexibility index (Phi) is 3.53. The molecule has 2 rings (SSSR count). The van der Waals surface area contributed by atoms with Crippen LogP contribution in [0.4, 0.5) is 0 Å². The predicted molar refractivity (Wildman–Crippen MR) is 75.0 cm³/mol. The molecule has 0 aliphatic heterocycles. The summed E-state index contributed by atoms with van der Waals surface area (Å²) in [6.07, 6.45) is 0. The molecule has 2 N–H and O–H groups in total. The van der Waals surface area contributed by atoms with Gasteiger partial charge in [0.2, 0.25) is 0 Å². The van der Waals surface area contributed by atoms with Gasteiger partial charge >= 0.3 is 0 Å². The first-order chi connectivity index (χ1) is 8.52. The van der Waals surface area contributed by atoms with Crippen molar-refractivity contribution in [3.05, 3.63) is 46.8 Å². The molecule has 0 saturated carbocycles. The third-order valence-corrected chi connectivity index (χ3v) is 3.32. The van der Waals surface area contributed by atoms with Gasteiger partial charge in [-0.3, -0.25) is 0 Å². The van der Waals surface area contributed by atoms with Crippen LogP contribution < -0.4 is 5.73 Å². The summed E-state index contributed by atoms with van der Waals surface area (Å²) in [5, 5.41) is 4.58. The molecule has 0 fully saturated rings. The van der Waals surface area contributed by atoms with Crippen LogP contribution in [0.5, 0.6) is 0 Å². The SMILES string of the molecule is Cc1ccc(-n2nc(CN)cc2C(C)C)cc1C. The van der Waals surface area contributed by atoms with Crippen LogP contribution >= 0.6 is 0 Å². The zero-order chi connectivity index (χ0) is 13.3. The van der Waals surface area contributed by atoms with Crippen molar-refractivity contribution in [3.8, 4) is 5.69 Å². The number of nitrogens with zero attached hydrogens (tertiary/aromatic N) is 2. The monoisotopic (exact) mass is 243 g/mol. The Labute approximate surface area is 109 Å². The highest BCUT2D eigenvalue weighted by Gasteiger charge is 2.12. The van der Waals surface area contributed by atoms with Crippen LogP contribution in [0.1, 0.15) is 42.3 Å². The van der Waals surface area contributed by atoms with E-state index >= 15 is 0 Å². The van der Waals surface area contributed by atoms with Gasteiger partial charge in [-0.2, -0.15) is 5.10 Å². The molecule has 3 heteroatoms. The predicted octanol–water partition coefficient (Wildman–Crippen LogP) is 3.07. The summed E-state index contributed by atoms with van der Waals surface area (Å²) in [7, 11) is 0. The molecule has 1 aromatic heterocycles. The molecule has 0 radical (unpaired) electrons. The van der Waals surface area contributed by atoms with Gasteiger partial charge in [-0.1, -0.05) is 19.9 Å². The van der Waals surface area contributed by atoms with Crippen LogP contribution in [0.2, 0.25) is 0 Å². The van der Waals surface area contributed by atoms with Gasteiger partial charge in [0.05, 0.1) is 11.4 Å². The van der Waals surface area contributed by atoms with Crippen LogP contribution in [0.15, 0.2) is 24.3 Å². The van der Waals surface area contributed by atoms with Gasteiger partial charge in [0.15, 0.2) is 0 Å². The Bertz CT molecular complexity index is 553. The van der Waals surface area contributed by atoms with Crippen molar-refractivity contribution in [1.82, 2.24) is 9.78 Å². The van der Waals surface area contributed by atoms with Crippen LogP contribution in [0.3, 0.4) is 0 Å². The van der Waals surface area contributed by atoms with Crippen molar-refractivity contribution in [1.29, 1.82) is 0 Å². The molecule has 0 atom stereocenters. The fourth-order valence-corrected chi connectivity index (χ4v) is 2.02. The van der Waals surface area contributed by atoms with Crippen molar-refractivity contribution in [2.75, 3.05) is 0 Å². The summed E-state index contributed by atoms with van der Waals surface area (Å²) in [4.78, 5) is 0. The molecule has 3 nitrogen and oxygen atoms in total. The Balaban J connectivity index is 2.54. The molecule has 2 aromatic rings. The van der Waals surface area contributed by atoms with Crippen LogP contribution in [0.25, 0.3) is 5.69 Å². The molecular weight excluding hydrogens is 222 g/mol. The molecule has 0 bridgehead atoms. The molecule has 96 valence electrons. The van der Waals surface area contributed by atoms with Crippen molar-refractivity contribution in [2.45, 2.75) is 40.2 Å². The lowest BCUT2D eigenvalue weighted by Gasteiger charge is -2.11. The van der Waals surface area contributed by atoms with Gasteiger partial charge in [0.1, 0.15) is 0 Å². The minimum Gasteiger partial charge on any atom is -0.325 e. The van der Waals surface area contributed by atoms with Gasteiger partial charge in [0, 0.05) is 12.2 Å². The number of hydrogen-bond donors (Lipinski definition) is 1. The van der Waals surface area contributed by atoms with Crippen molar-refractivity contribution >= 4 is 0 Å². The highest BCUT2D eigenvalue weighted by atomic mass is 15.3. The average molecular weight is 243 g/mol. The lowest BCUT2D eigenvalue weighted by atomic mass is 10.1. The Morgan fingerprint density at radius 3 is 2.44 bits per heavy atom. The summed E-state index contributed by atoms with van der Waals surface area (Å²) in [6.45, 7) is 9.08. The number of aryl methyl sites for hydroxylation is 2. The topological polar surface area (TPSA) is 43.8 Å². The van der Waals surface area contributed by atoms with E-state index in [-0.39, 0.29) is 0 Å². The van der Waals surface area contributed by atoms with Gasteiger partial charge in [-0.25, -0.2) is 4.68 Å². The van der Waals surface area contributed by atoms with Crippen molar-refractivity contribution in [2.24, 2.45) is 5.73 Å². The van der Waals surface area contributed by atoms with E-state index in [0.29, 0.717) is 12.5 Å². The summed E-state index contributed by atoms with van der Waals surface area (Å²) in [5.74, 6) is 0.430. The Morgan fingerprint density at radius 1 is 1.17 bits per heavy atom. The smallest absolute Gasteiger partial charge is 0.0767 e. The number of nitrogens with two attached hydrogens (primary N) is 1. The molecule has 0 amide bonds. The van der Waals surface area contributed by atoms with Crippen LogP contribution in [0, 0.1) is 13.8 Å². The minimum atomic E-state index is 0.430. The second-order valence-corrected chi connectivity index (χ2v) is 5.10. The fourth-order valence-electron chi connectivity index (χ4n) is 2.02. The molecular formula is C15H21N3. The quantitative estimate of drug-likeness (QED) is 0.900. The molecule has 1 aromatic carbocycles.